The molecule has 0 spiro atoms. The maximum atomic E-state index is 11.4. The number of nitrogens with one attached hydrogen (secondary N) is 2. The van der Waals surface area contributed by atoms with Crippen LogP contribution < -0.4 is 10.6 Å². The minimum Gasteiger partial charge on any atom is -0.465 e. The number of esters is 1. The van der Waals surface area contributed by atoms with Crippen molar-refractivity contribution < 1.29 is 14.3 Å². The van der Waals surface area contributed by atoms with Gasteiger partial charge in [-0.1, -0.05) is 12.1 Å². The van der Waals surface area contributed by atoms with Crippen molar-refractivity contribution in [3.05, 3.63) is 29.8 Å². The first-order valence-corrected chi connectivity index (χ1v) is 5.39. The molecular weight excluding hydrogens is 220 g/mol. The third kappa shape index (κ3) is 5.01. The standard InChI is InChI=1S/C12H16N2O3/c1-3-17-11(15)8-13-12(16)14-10-6-4-5-9(2)7-10/h4-7H,3,8H2,1-2H3,(H2,13,14,16). The molecule has 2 N–H and O–H groups in total. The second kappa shape index (κ2) is 6.52. The number of anilines is 1. The lowest BCUT2D eigenvalue weighted by molar-refractivity contribution is -0.141. The van der Waals surface area contributed by atoms with Crippen LogP contribution in [0.25, 0.3) is 0 Å². The van der Waals surface area contributed by atoms with Gasteiger partial charge in [-0.3, -0.25) is 4.79 Å². The van der Waals surface area contributed by atoms with Gasteiger partial charge in [-0.25, -0.2) is 4.79 Å². The second-order valence-corrected chi connectivity index (χ2v) is 3.48. The molecule has 0 saturated heterocycles. The summed E-state index contributed by atoms with van der Waals surface area (Å²) in [5.74, 6) is -0.452. The number of rotatable bonds is 4. The fourth-order valence-corrected chi connectivity index (χ4v) is 1.26. The van der Waals surface area contributed by atoms with Crippen LogP contribution in [0.15, 0.2) is 24.3 Å². The molecule has 0 aliphatic heterocycles. The Morgan fingerprint density at radius 2 is 2.12 bits per heavy atom. The van der Waals surface area contributed by atoms with Gasteiger partial charge in [0.2, 0.25) is 0 Å². The van der Waals surface area contributed by atoms with Gasteiger partial charge in [0, 0.05) is 5.69 Å². The van der Waals surface area contributed by atoms with E-state index in [4.69, 9.17) is 0 Å². The average molecular weight is 236 g/mol. The van der Waals surface area contributed by atoms with Crippen LogP contribution in [0.2, 0.25) is 0 Å². The van der Waals surface area contributed by atoms with E-state index in [1.54, 1.807) is 13.0 Å². The van der Waals surface area contributed by atoms with E-state index in [1.807, 2.05) is 25.1 Å². The van der Waals surface area contributed by atoms with E-state index in [2.05, 4.69) is 15.4 Å². The van der Waals surface area contributed by atoms with Crippen LogP contribution in [0, 0.1) is 6.92 Å². The number of hydrogen-bond acceptors (Lipinski definition) is 3. The molecule has 0 radical (unpaired) electrons. The van der Waals surface area contributed by atoms with E-state index < -0.39 is 12.0 Å². The van der Waals surface area contributed by atoms with Crippen LogP contribution in [0.3, 0.4) is 0 Å². The third-order valence-electron chi connectivity index (χ3n) is 1.97. The first-order chi connectivity index (χ1) is 8.11. The Labute approximate surface area is 100 Å². The maximum absolute atomic E-state index is 11.4. The zero-order valence-electron chi connectivity index (χ0n) is 9.95. The number of carbonyl (C=O) groups is 2. The number of hydrogen-bond donors (Lipinski definition) is 2. The summed E-state index contributed by atoms with van der Waals surface area (Å²) in [6.07, 6.45) is 0. The molecule has 0 saturated carbocycles. The molecule has 0 fully saturated rings. The van der Waals surface area contributed by atoms with Crippen LogP contribution in [-0.4, -0.2) is 25.2 Å². The molecule has 17 heavy (non-hydrogen) atoms. The number of carbonyl (C=O) groups excluding carboxylic acids is 2. The summed E-state index contributed by atoms with van der Waals surface area (Å²) < 4.78 is 4.68. The summed E-state index contributed by atoms with van der Waals surface area (Å²) in [6, 6.07) is 6.96. The summed E-state index contributed by atoms with van der Waals surface area (Å²) in [6.45, 7) is 3.82. The van der Waals surface area contributed by atoms with Gasteiger partial charge in [-0.15, -0.1) is 0 Å². The van der Waals surface area contributed by atoms with Crippen molar-refractivity contribution in [3.8, 4) is 0 Å². The lowest BCUT2D eigenvalue weighted by atomic mass is 10.2. The number of amides is 2. The van der Waals surface area contributed by atoms with Crippen molar-refractivity contribution in [2.75, 3.05) is 18.5 Å². The monoisotopic (exact) mass is 236 g/mol. The van der Waals surface area contributed by atoms with E-state index in [1.165, 1.54) is 0 Å². The first-order valence-electron chi connectivity index (χ1n) is 5.39. The molecule has 0 bridgehead atoms. The van der Waals surface area contributed by atoms with Crippen molar-refractivity contribution in [1.29, 1.82) is 0 Å². The minimum atomic E-state index is -0.452. The molecule has 0 unspecified atom stereocenters. The SMILES string of the molecule is CCOC(=O)CNC(=O)Nc1cccc(C)c1. The minimum absolute atomic E-state index is 0.133. The Hall–Kier alpha value is -2.04. The van der Waals surface area contributed by atoms with Gasteiger partial charge in [-0.05, 0) is 31.5 Å². The summed E-state index contributed by atoms with van der Waals surface area (Å²) in [7, 11) is 0. The molecule has 92 valence electrons. The Bertz CT molecular complexity index is 404. The molecule has 1 aromatic rings. The highest BCUT2D eigenvalue weighted by Crippen LogP contribution is 2.08. The molecule has 0 aliphatic carbocycles. The number of urea groups is 1. The quantitative estimate of drug-likeness (QED) is 0.781. The summed E-state index contributed by atoms with van der Waals surface area (Å²) >= 11 is 0. The largest absolute Gasteiger partial charge is 0.465 e. The van der Waals surface area contributed by atoms with Gasteiger partial charge >= 0.3 is 12.0 Å². The molecule has 0 heterocycles. The lowest BCUT2D eigenvalue weighted by Crippen LogP contribution is -2.34. The number of benzene rings is 1. The molecule has 5 nitrogen and oxygen atoms in total. The Morgan fingerprint density at radius 1 is 1.35 bits per heavy atom. The summed E-state index contributed by atoms with van der Waals surface area (Å²) in [5.41, 5.74) is 1.74. The maximum Gasteiger partial charge on any atom is 0.325 e. The van der Waals surface area contributed by atoms with Gasteiger partial charge in [0.15, 0.2) is 0 Å². The molecule has 0 atom stereocenters. The van der Waals surface area contributed by atoms with E-state index in [0.29, 0.717) is 12.3 Å². The Morgan fingerprint density at radius 3 is 2.76 bits per heavy atom. The molecule has 1 rings (SSSR count). The first kappa shape index (κ1) is 13.0. The lowest BCUT2D eigenvalue weighted by Gasteiger charge is -2.07. The Balaban J connectivity index is 2.37. The van der Waals surface area contributed by atoms with Crippen molar-refractivity contribution in [2.45, 2.75) is 13.8 Å². The van der Waals surface area contributed by atoms with Gasteiger partial charge in [-0.2, -0.15) is 0 Å². The Kier molecular flexibility index (Phi) is 5.00. The van der Waals surface area contributed by atoms with E-state index in [-0.39, 0.29) is 6.54 Å². The predicted octanol–water partition coefficient (Wildman–Crippen LogP) is 1.68. The second-order valence-electron chi connectivity index (χ2n) is 3.48. The van der Waals surface area contributed by atoms with Crippen LogP contribution in [0.5, 0.6) is 0 Å². The summed E-state index contributed by atoms with van der Waals surface area (Å²) in [5, 5.41) is 5.03. The summed E-state index contributed by atoms with van der Waals surface area (Å²) in [4.78, 5) is 22.4. The van der Waals surface area contributed by atoms with Crippen LogP contribution in [0.4, 0.5) is 10.5 Å². The van der Waals surface area contributed by atoms with Crippen molar-refractivity contribution in [2.24, 2.45) is 0 Å². The molecule has 1 aromatic carbocycles. The van der Waals surface area contributed by atoms with Gasteiger partial charge < -0.3 is 15.4 Å². The zero-order valence-corrected chi connectivity index (χ0v) is 9.95. The van der Waals surface area contributed by atoms with Gasteiger partial charge in [0.05, 0.1) is 6.61 Å². The fraction of sp³-hybridized carbons (Fsp3) is 0.333. The van der Waals surface area contributed by atoms with Crippen molar-refractivity contribution >= 4 is 17.7 Å². The van der Waals surface area contributed by atoms with Crippen LogP contribution >= 0.6 is 0 Å². The van der Waals surface area contributed by atoms with E-state index in [0.717, 1.165) is 5.56 Å². The molecule has 5 heteroatoms. The van der Waals surface area contributed by atoms with Crippen LogP contribution in [-0.2, 0) is 9.53 Å². The van der Waals surface area contributed by atoms with Gasteiger partial charge in [0.1, 0.15) is 6.54 Å². The topological polar surface area (TPSA) is 67.4 Å². The highest BCUT2D eigenvalue weighted by Gasteiger charge is 2.05. The third-order valence-corrected chi connectivity index (χ3v) is 1.97. The molecule has 2 amide bonds. The van der Waals surface area contributed by atoms with E-state index >= 15 is 0 Å². The smallest absolute Gasteiger partial charge is 0.325 e. The molecule has 0 aromatic heterocycles. The normalized spacial score (nSPS) is 9.53. The van der Waals surface area contributed by atoms with Crippen molar-refractivity contribution in [3.63, 3.8) is 0 Å². The van der Waals surface area contributed by atoms with Crippen molar-refractivity contribution in [1.82, 2.24) is 5.32 Å². The highest BCUT2D eigenvalue weighted by molar-refractivity contribution is 5.91. The van der Waals surface area contributed by atoms with E-state index in [9.17, 15) is 9.59 Å². The number of aryl methyl sites for hydroxylation is 1. The predicted molar refractivity (Wildman–Crippen MR) is 64.8 cm³/mol. The average Bonchev–Trinajstić information content (AvgIpc) is 2.27. The number of ether oxygens (including phenoxy) is 1. The molecular formula is C12H16N2O3. The fourth-order valence-electron chi connectivity index (χ4n) is 1.26. The highest BCUT2D eigenvalue weighted by atomic mass is 16.5. The zero-order chi connectivity index (χ0) is 12.7. The molecule has 0 aliphatic rings. The van der Waals surface area contributed by atoms with Crippen LogP contribution in [0.1, 0.15) is 12.5 Å². The van der Waals surface area contributed by atoms with Gasteiger partial charge in [0.25, 0.3) is 0 Å².